The van der Waals surface area contributed by atoms with Gasteiger partial charge in [-0.05, 0) is 101 Å². The average molecular weight is 658 g/mol. The van der Waals surface area contributed by atoms with Gasteiger partial charge in [-0.3, -0.25) is 4.79 Å². The first kappa shape index (κ1) is 35.6. The van der Waals surface area contributed by atoms with Crippen LogP contribution >= 0.6 is 0 Å². The Kier molecular flexibility index (Phi) is 12.8. The number of nitrogens with one attached hydrogen (secondary N) is 2. The first-order valence-corrected chi connectivity index (χ1v) is 16.8. The summed E-state index contributed by atoms with van der Waals surface area (Å²) < 4.78 is 0. The molecule has 5 heteroatoms. The summed E-state index contributed by atoms with van der Waals surface area (Å²) in [5.74, 6) is 0.784. The molecule has 1 aliphatic heterocycles. The smallest absolute Gasteiger partial charge is 0.369 e. The summed E-state index contributed by atoms with van der Waals surface area (Å²) >= 11 is 0. The van der Waals surface area contributed by atoms with Crippen molar-refractivity contribution in [1.29, 1.82) is 0 Å². The molecule has 0 saturated heterocycles. The van der Waals surface area contributed by atoms with E-state index in [2.05, 4.69) is 76.4 Å². The number of nitrogens with zero attached hydrogens (tertiary/aromatic N) is 1. The summed E-state index contributed by atoms with van der Waals surface area (Å²) in [5.41, 5.74) is 10.5. The largest absolute Gasteiger partial charge is 2.00 e. The number of carbonyl (C=O) groups excluding carboxylic acids is 1. The fraction of sp³-hybridized carbons (Fsp3) is 0.390. The predicted octanol–water partition coefficient (Wildman–Crippen LogP) is 10.1. The van der Waals surface area contributed by atoms with Gasteiger partial charge in [0.25, 0.3) is 0 Å². The molecule has 3 aromatic rings. The molecule has 8 rings (SSSR count). The van der Waals surface area contributed by atoms with Gasteiger partial charge in [0.1, 0.15) is 0 Å². The van der Waals surface area contributed by atoms with Crippen molar-refractivity contribution in [3.63, 3.8) is 0 Å². The summed E-state index contributed by atoms with van der Waals surface area (Å²) in [6.07, 6.45) is 26.3. The van der Waals surface area contributed by atoms with Gasteiger partial charge in [-0.15, -0.1) is 0 Å². The van der Waals surface area contributed by atoms with E-state index in [0.29, 0.717) is 12.3 Å². The van der Waals surface area contributed by atoms with Crippen LogP contribution in [-0.2, 0) is 41.1 Å². The number of hydrogen-bond donors (Lipinski definition) is 2. The molecule has 3 aromatic carbocycles. The molecular weight excluding hydrogens is 606 g/mol. The van der Waals surface area contributed by atoms with E-state index in [9.17, 15) is 4.79 Å². The molecule has 0 atom stereocenters. The van der Waals surface area contributed by atoms with Crippen LogP contribution < -0.4 is 15.5 Å². The zero-order valence-electron chi connectivity index (χ0n) is 27.8. The molecule has 46 heavy (non-hydrogen) atoms. The van der Waals surface area contributed by atoms with Gasteiger partial charge in [0, 0.05) is 35.6 Å². The second-order valence-electron chi connectivity index (χ2n) is 13.0. The first-order chi connectivity index (χ1) is 21.2. The monoisotopic (exact) mass is 657 g/mol. The summed E-state index contributed by atoms with van der Waals surface area (Å²) in [6.45, 7) is 0.824. The van der Waals surface area contributed by atoms with Gasteiger partial charge in [-0.25, -0.2) is 0 Å². The van der Waals surface area contributed by atoms with E-state index in [4.69, 9.17) is 0 Å². The van der Waals surface area contributed by atoms with Crippen molar-refractivity contribution in [2.45, 2.75) is 89.9 Å². The third-order valence-electron chi connectivity index (χ3n) is 10.1. The standard InChI is InChI=1S/C34H35N3O.C5H10.2CH3.Fe/c38-32(36-28-16-18-29(19-17-28)37-21-31(35-22-37)24-5-1-2-6-24)10-4-7-23-11-12-27-14-13-25-8-3-9-26-15-20-30(23)34(27)33(25)26;1-2-4-5-3-1;;;/h3,9,11-19,21,24,35H,1-2,4-8,10,20,22H2,(H,36,38);1-5H2;2*1H3;/q;;2*-1;+2. The van der Waals surface area contributed by atoms with Gasteiger partial charge in [0.05, 0.1) is 6.67 Å². The Morgan fingerprint density at radius 3 is 2.33 bits per heavy atom. The number of aryl methyl sites for hydroxylation is 1. The predicted molar refractivity (Wildman–Crippen MR) is 193 cm³/mol. The van der Waals surface area contributed by atoms with Crippen LogP contribution in [0.25, 0.3) is 16.3 Å². The molecule has 0 bridgehead atoms. The Morgan fingerprint density at radius 2 is 1.59 bits per heavy atom. The molecular formula is C41H51FeN3O. The van der Waals surface area contributed by atoms with Crippen LogP contribution in [0.15, 0.2) is 78.7 Å². The van der Waals surface area contributed by atoms with Gasteiger partial charge < -0.3 is 30.4 Å². The Morgan fingerprint density at radius 1 is 0.870 bits per heavy atom. The maximum absolute atomic E-state index is 12.7. The van der Waals surface area contributed by atoms with E-state index < -0.39 is 0 Å². The van der Waals surface area contributed by atoms with Gasteiger partial charge in [0.2, 0.25) is 5.91 Å². The Balaban J connectivity index is 0.000000551. The summed E-state index contributed by atoms with van der Waals surface area (Å²) in [7, 11) is 0. The van der Waals surface area contributed by atoms with Gasteiger partial charge >= 0.3 is 17.1 Å². The van der Waals surface area contributed by atoms with Gasteiger partial charge in [-0.1, -0.05) is 87.4 Å². The topological polar surface area (TPSA) is 44.4 Å². The fourth-order valence-corrected chi connectivity index (χ4v) is 7.69. The van der Waals surface area contributed by atoms with Crippen molar-refractivity contribution < 1.29 is 21.9 Å². The quantitative estimate of drug-likeness (QED) is 0.196. The normalized spacial score (nSPS) is 17.4. The number of anilines is 2. The number of benzene rings is 3. The second-order valence-corrected chi connectivity index (χ2v) is 13.0. The van der Waals surface area contributed by atoms with Crippen LogP contribution in [0.1, 0.15) is 92.9 Å². The maximum Gasteiger partial charge on any atom is 2.00 e. The molecule has 0 unspecified atom stereocenters. The van der Waals surface area contributed by atoms with Crippen molar-refractivity contribution in [2.24, 2.45) is 5.92 Å². The Bertz CT molecular complexity index is 1570. The summed E-state index contributed by atoms with van der Waals surface area (Å²) in [4.78, 5) is 15.0. The number of rotatable bonds is 7. The van der Waals surface area contributed by atoms with Crippen LogP contribution in [0, 0.1) is 20.8 Å². The summed E-state index contributed by atoms with van der Waals surface area (Å²) in [5, 5.41) is 9.45. The molecule has 2 fully saturated rings. The van der Waals surface area contributed by atoms with E-state index in [1.165, 1.54) is 102 Å². The molecule has 0 aromatic heterocycles. The molecule has 2 N–H and O–H groups in total. The first-order valence-electron chi connectivity index (χ1n) is 16.8. The minimum atomic E-state index is 0. The number of hydrogen-bond acceptors (Lipinski definition) is 3. The van der Waals surface area contributed by atoms with E-state index in [0.717, 1.165) is 43.7 Å². The third-order valence-corrected chi connectivity index (χ3v) is 10.1. The van der Waals surface area contributed by atoms with Crippen LogP contribution in [0.4, 0.5) is 11.4 Å². The SMILES string of the molecule is C1CCCC1.O=C(CCCc1ccc2ccc3c4c2c1CC=C4C=CC3)Nc1ccc(N2C=C(C3CCCC3)NC2)cc1.[CH3-].[CH3-].[Fe+2]. The molecule has 0 radical (unpaired) electrons. The molecule has 1 heterocycles. The summed E-state index contributed by atoms with van der Waals surface area (Å²) in [6, 6.07) is 17.3. The van der Waals surface area contributed by atoms with E-state index in [1.807, 2.05) is 12.1 Å². The minimum Gasteiger partial charge on any atom is -0.369 e. The molecule has 4 aliphatic carbocycles. The van der Waals surface area contributed by atoms with Crippen LogP contribution in [0.2, 0.25) is 0 Å². The molecule has 0 spiro atoms. The maximum atomic E-state index is 12.7. The van der Waals surface area contributed by atoms with Crippen LogP contribution in [0.5, 0.6) is 0 Å². The Hall–Kier alpha value is -3.27. The van der Waals surface area contributed by atoms with E-state index in [-0.39, 0.29) is 37.8 Å². The van der Waals surface area contributed by atoms with Crippen molar-refractivity contribution >= 4 is 33.6 Å². The number of allylic oxidation sites excluding steroid dienone is 5. The zero-order valence-corrected chi connectivity index (χ0v) is 28.9. The van der Waals surface area contributed by atoms with E-state index >= 15 is 0 Å². The minimum absolute atomic E-state index is 0. The average Bonchev–Trinajstić information content (AvgIpc) is 3.86. The van der Waals surface area contributed by atoms with E-state index in [1.54, 1.807) is 0 Å². The molecule has 4 nitrogen and oxygen atoms in total. The number of carbonyl (C=O) groups is 1. The Labute approximate surface area is 288 Å². The van der Waals surface area contributed by atoms with Gasteiger partial charge in [0.15, 0.2) is 0 Å². The van der Waals surface area contributed by atoms with Gasteiger partial charge in [-0.2, -0.15) is 0 Å². The fourth-order valence-electron chi connectivity index (χ4n) is 7.69. The number of amides is 1. The molecule has 5 aliphatic rings. The van der Waals surface area contributed by atoms with Crippen LogP contribution in [-0.4, -0.2) is 12.6 Å². The molecule has 1 amide bonds. The molecule has 244 valence electrons. The van der Waals surface area contributed by atoms with Crippen molar-refractivity contribution in [3.05, 3.63) is 116 Å². The van der Waals surface area contributed by atoms with Crippen molar-refractivity contribution in [1.82, 2.24) is 5.32 Å². The van der Waals surface area contributed by atoms with Crippen molar-refractivity contribution in [3.8, 4) is 0 Å². The van der Waals surface area contributed by atoms with Crippen LogP contribution in [0.3, 0.4) is 0 Å². The zero-order chi connectivity index (χ0) is 29.0. The third kappa shape index (κ3) is 7.81. The molecule has 2 saturated carbocycles. The second kappa shape index (κ2) is 16.5. The van der Waals surface area contributed by atoms with Crippen molar-refractivity contribution in [2.75, 3.05) is 16.9 Å².